The highest BCUT2D eigenvalue weighted by atomic mass is 19.4. The lowest BCUT2D eigenvalue weighted by Crippen LogP contribution is -2.31. The summed E-state index contributed by atoms with van der Waals surface area (Å²) in [6.07, 6.45) is -1.73. The third-order valence-corrected chi connectivity index (χ3v) is 3.17. The van der Waals surface area contributed by atoms with Crippen LogP contribution in [-0.4, -0.2) is 30.7 Å². The lowest BCUT2D eigenvalue weighted by Gasteiger charge is -2.20. The molecule has 0 atom stereocenters. The Bertz CT molecular complexity index is 413. The quantitative estimate of drug-likeness (QED) is 0.856. The fourth-order valence-corrected chi connectivity index (χ4v) is 2.08. The van der Waals surface area contributed by atoms with E-state index in [0.29, 0.717) is 12.6 Å². The Kier molecular flexibility index (Phi) is 4.47. The molecular weight excluding hydrogens is 253 g/mol. The number of benzene rings is 1. The van der Waals surface area contributed by atoms with Crippen LogP contribution in [0.15, 0.2) is 24.3 Å². The summed E-state index contributed by atoms with van der Waals surface area (Å²) in [5.74, 6) is 0. The Morgan fingerprint density at radius 3 is 2.42 bits per heavy atom. The molecule has 5 heteroatoms. The van der Waals surface area contributed by atoms with Crippen molar-refractivity contribution in [1.29, 1.82) is 0 Å². The predicted octanol–water partition coefficient (Wildman–Crippen LogP) is 2.93. The summed E-state index contributed by atoms with van der Waals surface area (Å²) in [5, 5.41) is 3.39. The van der Waals surface area contributed by atoms with Crippen molar-refractivity contribution in [3.05, 3.63) is 35.4 Å². The van der Waals surface area contributed by atoms with Crippen LogP contribution in [0.1, 0.15) is 24.0 Å². The largest absolute Gasteiger partial charge is 0.401 e. The Balaban J connectivity index is 1.94. The molecule has 2 nitrogen and oxygen atoms in total. The molecular formula is C14H19F3N2. The van der Waals surface area contributed by atoms with Crippen LogP contribution in [0.3, 0.4) is 0 Å². The summed E-state index contributed by atoms with van der Waals surface area (Å²) in [6.45, 7) is 0.181. The molecule has 1 aromatic rings. The van der Waals surface area contributed by atoms with Gasteiger partial charge in [-0.2, -0.15) is 13.2 Å². The third kappa shape index (κ3) is 5.20. The van der Waals surface area contributed by atoms with Gasteiger partial charge in [-0.3, -0.25) is 4.90 Å². The maximum Gasteiger partial charge on any atom is 0.401 e. The first-order valence-electron chi connectivity index (χ1n) is 6.49. The zero-order chi connectivity index (χ0) is 13.9. The molecule has 0 aromatic heterocycles. The van der Waals surface area contributed by atoms with Crippen LogP contribution < -0.4 is 5.32 Å². The molecule has 0 heterocycles. The lowest BCUT2D eigenvalue weighted by molar-refractivity contribution is -0.144. The van der Waals surface area contributed by atoms with Crippen molar-refractivity contribution >= 4 is 0 Å². The predicted molar refractivity (Wildman–Crippen MR) is 68.7 cm³/mol. The summed E-state index contributed by atoms with van der Waals surface area (Å²) < 4.78 is 37.0. The van der Waals surface area contributed by atoms with Crippen molar-refractivity contribution in [2.24, 2.45) is 0 Å². The number of hydrogen-bond acceptors (Lipinski definition) is 2. The Hall–Kier alpha value is -1.07. The Morgan fingerprint density at radius 2 is 1.84 bits per heavy atom. The molecule has 1 saturated carbocycles. The number of alkyl halides is 3. The minimum Gasteiger partial charge on any atom is -0.310 e. The summed E-state index contributed by atoms with van der Waals surface area (Å²) in [4.78, 5) is 1.30. The third-order valence-electron chi connectivity index (χ3n) is 3.17. The van der Waals surface area contributed by atoms with Crippen molar-refractivity contribution in [3.8, 4) is 0 Å². The van der Waals surface area contributed by atoms with Gasteiger partial charge in [0, 0.05) is 19.1 Å². The second-order valence-corrected chi connectivity index (χ2v) is 5.21. The maximum atomic E-state index is 12.3. The van der Waals surface area contributed by atoms with Gasteiger partial charge in [0.05, 0.1) is 6.54 Å². The number of nitrogens with one attached hydrogen (secondary N) is 1. The van der Waals surface area contributed by atoms with Crippen LogP contribution >= 0.6 is 0 Å². The normalized spacial score (nSPS) is 16.1. The first-order valence-corrected chi connectivity index (χ1v) is 6.49. The summed E-state index contributed by atoms with van der Waals surface area (Å²) in [7, 11) is 1.50. The van der Waals surface area contributed by atoms with E-state index in [2.05, 4.69) is 5.32 Å². The van der Waals surface area contributed by atoms with Gasteiger partial charge in [0.1, 0.15) is 0 Å². The maximum absolute atomic E-state index is 12.3. The molecule has 0 amide bonds. The second-order valence-electron chi connectivity index (χ2n) is 5.21. The van der Waals surface area contributed by atoms with E-state index in [1.807, 2.05) is 24.3 Å². The van der Waals surface area contributed by atoms with Gasteiger partial charge in [0.15, 0.2) is 0 Å². The van der Waals surface area contributed by atoms with Crippen molar-refractivity contribution in [2.75, 3.05) is 13.6 Å². The summed E-state index contributed by atoms with van der Waals surface area (Å²) >= 11 is 0. The lowest BCUT2D eigenvalue weighted by atomic mass is 10.1. The fraction of sp³-hybridized carbons (Fsp3) is 0.571. The SMILES string of the molecule is CN(Cc1ccccc1CNC1CC1)CC(F)(F)F. The molecule has 0 unspecified atom stereocenters. The van der Waals surface area contributed by atoms with E-state index in [1.54, 1.807) is 0 Å². The van der Waals surface area contributed by atoms with Crippen LogP contribution in [0.4, 0.5) is 13.2 Å². The van der Waals surface area contributed by atoms with Crippen molar-refractivity contribution in [2.45, 2.75) is 38.1 Å². The van der Waals surface area contributed by atoms with Gasteiger partial charge in [-0.15, -0.1) is 0 Å². The molecule has 0 bridgehead atoms. The smallest absolute Gasteiger partial charge is 0.310 e. The van der Waals surface area contributed by atoms with Gasteiger partial charge in [-0.05, 0) is 31.0 Å². The van der Waals surface area contributed by atoms with Gasteiger partial charge < -0.3 is 5.32 Å². The molecule has 0 aliphatic heterocycles. The molecule has 0 saturated heterocycles. The van der Waals surface area contributed by atoms with Crippen molar-refractivity contribution < 1.29 is 13.2 Å². The van der Waals surface area contributed by atoms with E-state index in [1.165, 1.54) is 24.8 Å². The van der Waals surface area contributed by atoms with E-state index in [-0.39, 0.29) is 0 Å². The minimum absolute atomic E-state index is 0.321. The molecule has 1 aliphatic carbocycles. The molecule has 19 heavy (non-hydrogen) atoms. The van der Waals surface area contributed by atoms with Gasteiger partial charge in [0.25, 0.3) is 0 Å². The first-order chi connectivity index (χ1) is 8.94. The van der Waals surface area contributed by atoms with Crippen LogP contribution in [0.5, 0.6) is 0 Å². The van der Waals surface area contributed by atoms with E-state index in [4.69, 9.17) is 0 Å². The number of halogens is 3. The Morgan fingerprint density at radius 1 is 1.21 bits per heavy atom. The average molecular weight is 272 g/mol. The highest BCUT2D eigenvalue weighted by molar-refractivity contribution is 5.27. The van der Waals surface area contributed by atoms with E-state index in [0.717, 1.165) is 17.7 Å². The van der Waals surface area contributed by atoms with Crippen LogP contribution in [-0.2, 0) is 13.1 Å². The summed E-state index contributed by atoms with van der Waals surface area (Å²) in [6, 6.07) is 8.28. The molecule has 0 radical (unpaired) electrons. The van der Waals surface area contributed by atoms with Gasteiger partial charge in [-0.25, -0.2) is 0 Å². The van der Waals surface area contributed by atoms with Gasteiger partial charge in [-0.1, -0.05) is 24.3 Å². The highest BCUT2D eigenvalue weighted by Crippen LogP contribution is 2.21. The van der Waals surface area contributed by atoms with Crippen LogP contribution in [0, 0.1) is 0 Å². The zero-order valence-electron chi connectivity index (χ0n) is 11.0. The number of hydrogen-bond donors (Lipinski definition) is 1. The monoisotopic (exact) mass is 272 g/mol. The first kappa shape index (κ1) is 14.3. The van der Waals surface area contributed by atoms with Crippen molar-refractivity contribution in [1.82, 2.24) is 10.2 Å². The number of nitrogens with zero attached hydrogens (tertiary/aromatic N) is 1. The molecule has 2 rings (SSSR count). The van der Waals surface area contributed by atoms with E-state index < -0.39 is 12.7 Å². The minimum atomic E-state index is -4.14. The van der Waals surface area contributed by atoms with Crippen molar-refractivity contribution in [3.63, 3.8) is 0 Å². The van der Waals surface area contributed by atoms with Gasteiger partial charge in [0.2, 0.25) is 0 Å². The fourth-order valence-electron chi connectivity index (χ4n) is 2.08. The molecule has 1 aliphatic rings. The van der Waals surface area contributed by atoms with Crippen LogP contribution in [0.2, 0.25) is 0 Å². The van der Waals surface area contributed by atoms with E-state index >= 15 is 0 Å². The average Bonchev–Trinajstić information content (AvgIpc) is 3.09. The molecule has 0 spiro atoms. The zero-order valence-corrected chi connectivity index (χ0v) is 11.0. The summed E-state index contributed by atoms with van der Waals surface area (Å²) in [5.41, 5.74) is 2.05. The molecule has 1 N–H and O–H groups in total. The highest BCUT2D eigenvalue weighted by Gasteiger charge is 2.29. The van der Waals surface area contributed by atoms with E-state index in [9.17, 15) is 13.2 Å². The second kappa shape index (κ2) is 5.92. The number of rotatable bonds is 6. The van der Waals surface area contributed by atoms with Crippen LogP contribution in [0.25, 0.3) is 0 Å². The van der Waals surface area contributed by atoms with Gasteiger partial charge >= 0.3 is 6.18 Å². The standard InChI is InChI=1S/C14H19F3N2/c1-19(10-14(15,16)17)9-12-5-3-2-4-11(12)8-18-13-6-7-13/h2-5,13,18H,6-10H2,1H3. The molecule has 1 aromatic carbocycles. The molecule has 1 fully saturated rings. The topological polar surface area (TPSA) is 15.3 Å². The Labute approximate surface area is 111 Å². The molecule has 106 valence electrons.